The summed E-state index contributed by atoms with van der Waals surface area (Å²) in [6, 6.07) is 10.0. The van der Waals surface area contributed by atoms with Gasteiger partial charge in [-0.15, -0.1) is 5.10 Å². The number of carbonyl (C=O) groups is 1. The average Bonchev–Trinajstić information content (AvgIpc) is 3.36. The van der Waals surface area contributed by atoms with Crippen LogP contribution in [0.25, 0.3) is 11.2 Å². The molecule has 1 aliphatic rings. The van der Waals surface area contributed by atoms with Gasteiger partial charge in [0.1, 0.15) is 11.4 Å². The van der Waals surface area contributed by atoms with Crippen LogP contribution in [0.4, 0.5) is 0 Å². The first-order chi connectivity index (χ1) is 13.3. The number of amides is 1. The zero-order valence-electron chi connectivity index (χ0n) is 14.7. The largest absolute Gasteiger partial charge is 0.376 e. The van der Waals surface area contributed by atoms with Gasteiger partial charge in [0.15, 0.2) is 11.2 Å². The molecule has 1 aliphatic heterocycles. The van der Waals surface area contributed by atoms with Crippen molar-refractivity contribution in [1.29, 1.82) is 0 Å². The Kier molecular flexibility index (Phi) is 5.59. The van der Waals surface area contributed by atoms with Crippen LogP contribution in [0.1, 0.15) is 18.4 Å². The molecule has 0 saturated carbocycles. The molecular formula is C18H20N6O2S. The minimum Gasteiger partial charge on any atom is -0.376 e. The number of thioether (sulfide) groups is 1. The lowest BCUT2D eigenvalue weighted by atomic mass is 10.2. The Morgan fingerprint density at radius 3 is 3.00 bits per heavy atom. The second kappa shape index (κ2) is 8.45. The average molecular weight is 384 g/mol. The fourth-order valence-corrected chi connectivity index (χ4v) is 3.72. The van der Waals surface area contributed by atoms with Crippen molar-refractivity contribution in [3.63, 3.8) is 0 Å². The van der Waals surface area contributed by atoms with Crippen LogP contribution < -0.4 is 5.32 Å². The van der Waals surface area contributed by atoms with Crippen molar-refractivity contribution in [2.45, 2.75) is 30.5 Å². The summed E-state index contributed by atoms with van der Waals surface area (Å²) in [6.07, 6.45) is 3.69. The molecule has 9 heteroatoms. The molecule has 0 aliphatic carbocycles. The molecule has 2 aromatic heterocycles. The molecule has 1 atom stereocenters. The van der Waals surface area contributed by atoms with E-state index >= 15 is 0 Å². The standard InChI is InChI=1S/C18H20N6O2S/c25-15(19-9-14-7-4-8-26-14)11-27-18-16-17(20-12-21-18)24(23-22-16)10-13-5-2-1-3-6-13/h1-3,5-6,12,14H,4,7-11H2,(H,19,25)/t14-/m1/s1. The molecular weight excluding hydrogens is 364 g/mol. The topological polar surface area (TPSA) is 94.8 Å². The lowest BCUT2D eigenvalue weighted by Crippen LogP contribution is -2.32. The van der Waals surface area contributed by atoms with Gasteiger partial charge in [0, 0.05) is 13.2 Å². The van der Waals surface area contributed by atoms with Gasteiger partial charge in [-0.2, -0.15) is 0 Å². The Hall–Kier alpha value is -2.52. The van der Waals surface area contributed by atoms with Crippen LogP contribution in [0.2, 0.25) is 0 Å². The van der Waals surface area contributed by atoms with Crippen LogP contribution in [0.5, 0.6) is 0 Å². The summed E-state index contributed by atoms with van der Waals surface area (Å²) in [6.45, 7) is 1.93. The van der Waals surface area contributed by atoms with Gasteiger partial charge < -0.3 is 10.1 Å². The van der Waals surface area contributed by atoms with E-state index in [-0.39, 0.29) is 17.8 Å². The van der Waals surface area contributed by atoms with E-state index in [0.717, 1.165) is 25.0 Å². The molecule has 1 amide bonds. The smallest absolute Gasteiger partial charge is 0.230 e. The Morgan fingerprint density at radius 1 is 1.30 bits per heavy atom. The summed E-state index contributed by atoms with van der Waals surface area (Å²) in [5, 5.41) is 12.0. The SMILES string of the molecule is O=C(CSc1ncnc2c1nnn2Cc1ccccc1)NC[C@H]1CCCO1. The number of nitrogens with zero attached hydrogens (tertiary/aromatic N) is 5. The highest BCUT2D eigenvalue weighted by Crippen LogP contribution is 2.22. The number of rotatable bonds is 7. The molecule has 3 heterocycles. The fourth-order valence-electron chi connectivity index (χ4n) is 2.96. The monoisotopic (exact) mass is 384 g/mol. The molecule has 3 aromatic rings. The summed E-state index contributed by atoms with van der Waals surface area (Å²) in [5.74, 6) is 0.226. The first kappa shape index (κ1) is 17.9. The highest BCUT2D eigenvalue weighted by atomic mass is 32.2. The van der Waals surface area contributed by atoms with Gasteiger partial charge >= 0.3 is 0 Å². The van der Waals surface area contributed by atoms with Crippen LogP contribution in [0.15, 0.2) is 41.7 Å². The summed E-state index contributed by atoms with van der Waals surface area (Å²) in [7, 11) is 0. The minimum atomic E-state index is -0.0426. The van der Waals surface area contributed by atoms with Crippen molar-refractivity contribution in [3.8, 4) is 0 Å². The number of ether oxygens (including phenoxy) is 1. The van der Waals surface area contributed by atoms with Crippen molar-refractivity contribution in [1.82, 2.24) is 30.3 Å². The molecule has 140 valence electrons. The molecule has 0 radical (unpaired) electrons. The van der Waals surface area contributed by atoms with Crippen LogP contribution in [0.3, 0.4) is 0 Å². The zero-order valence-corrected chi connectivity index (χ0v) is 15.6. The molecule has 1 fully saturated rings. The maximum atomic E-state index is 12.1. The number of aromatic nitrogens is 5. The van der Waals surface area contributed by atoms with E-state index in [9.17, 15) is 4.79 Å². The molecule has 0 spiro atoms. The summed E-state index contributed by atoms with van der Waals surface area (Å²) < 4.78 is 7.26. The predicted octanol–water partition coefficient (Wildman–Crippen LogP) is 1.66. The van der Waals surface area contributed by atoms with Crippen LogP contribution >= 0.6 is 11.8 Å². The van der Waals surface area contributed by atoms with Gasteiger partial charge in [-0.05, 0) is 18.4 Å². The van der Waals surface area contributed by atoms with Gasteiger partial charge in [0.05, 0.1) is 18.4 Å². The number of fused-ring (bicyclic) bond motifs is 1. The summed E-state index contributed by atoms with van der Waals surface area (Å²) in [4.78, 5) is 20.7. The first-order valence-corrected chi connectivity index (χ1v) is 9.87. The van der Waals surface area contributed by atoms with E-state index in [1.165, 1.54) is 18.1 Å². The molecule has 27 heavy (non-hydrogen) atoms. The second-order valence-electron chi connectivity index (χ2n) is 6.31. The van der Waals surface area contributed by atoms with E-state index < -0.39 is 0 Å². The van der Waals surface area contributed by atoms with Gasteiger partial charge in [0.25, 0.3) is 0 Å². The Balaban J connectivity index is 1.39. The maximum Gasteiger partial charge on any atom is 0.230 e. The maximum absolute atomic E-state index is 12.1. The van der Waals surface area contributed by atoms with E-state index in [4.69, 9.17) is 4.74 Å². The van der Waals surface area contributed by atoms with Gasteiger partial charge in [-0.1, -0.05) is 47.3 Å². The normalized spacial score (nSPS) is 16.7. The van der Waals surface area contributed by atoms with E-state index in [2.05, 4.69) is 25.6 Å². The molecule has 1 aromatic carbocycles. The van der Waals surface area contributed by atoms with Crippen LogP contribution in [0, 0.1) is 0 Å². The van der Waals surface area contributed by atoms with Crippen molar-refractivity contribution in [2.75, 3.05) is 18.9 Å². The number of benzene rings is 1. The molecule has 1 saturated heterocycles. The van der Waals surface area contributed by atoms with E-state index in [1.807, 2.05) is 30.3 Å². The Morgan fingerprint density at radius 2 is 2.19 bits per heavy atom. The molecule has 0 bridgehead atoms. The molecule has 0 unspecified atom stereocenters. The van der Waals surface area contributed by atoms with Crippen molar-refractivity contribution in [3.05, 3.63) is 42.2 Å². The Bertz CT molecular complexity index is 911. The van der Waals surface area contributed by atoms with Crippen molar-refractivity contribution in [2.24, 2.45) is 0 Å². The third-order valence-electron chi connectivity index (χ3n) is 4.33. The van der Waals surface area contributed by atoms with Crippen molar-refractivity contribution >= 4 is 28.8 Å². The number of carbonyl (C=O) groups excluding carboxylic acids is 1. The predicted molar refractivity (Wildman–Crippen MR) is 101 cm³/mol. The fraction of sp³-hybridized carbons (Fsp3) is 0.389. The molecule has 1 N–H and O–H groups in total. The second-order valence-corrected chi connectivity index (χ2v) is 7.28. The van der Waals surface area contributed by atoms with Gasteiger partial charge in [0.2, 0.25) is 5.91 Å². The highest BCUT2D eigenvalue weighted by molar-refractivity contribution is 8.00. The van der Waals surface area contributed by atoms with Gasteiger partial charge in [-0.25, -0.2) is 14.6 Å². The molecule has 4 rings (SSSR count). The first-order valence-electron chi connectivity index (χ1n) is 8.89. The van der Waals surface area contributed by atoms with E-state index in [0.29, 0.717) is 29.3 Å². The lowest BCUT2D eigenvalue weighted by Gasteiger charge is -2.10. The number of nitrogens with one attached hydrogen (secondary N) is 1. The van der Waals surface area contributed by atoms with Crippen LogP contribution in [-0.4, -0.2) is 55.9 Å². The summed E-state index contributed by atoms with van der Waals surface area (Å²) in [5.41, 5.74) is 2.40. The number of hydrogen-bond donors (Lipinski definition) is 1. The van der Waals surface area contributed by atoms with E-state index in [1.54, 1.807) is 4.68 Å². The Labute approximate surface area is 160 Å². The highest BCUT2D eigenvalue weighted by Gasteiger charge is 2.17. The van der Waals surface area contributed by atoms with Crippen molar-refractivity contribution < 1.29 is 9.53 Å². The quantitative estimate of drug-likeness (QED) is 0.489. The zero-order chi connectivity index (χ0) is 18.5. The van der Waals surface area contributed by atoms with Gasteiger partial charge in [-0.3, -0.25) is 4.79 Å². The summed E-state index contributed by atoms with van der Waals surface area (Å²) >= 11 is 1.34. The van der Waals surface area contributed by atoms with Crippen LogP contribution in [-0.2, 0) is 16.1 Å². The molecule has 8 nitrogen and oxygen atoms in total. The number of hydrogen-bond acceptors (Lipinski definition) is 7. The third-order valence-corrected chi connectivity index (χ3v) is 5.31. The lowest BCUT2D eigenvalue weighted by molar-refractivity contribution is -0.119. The third kappa shape index (κ3) is 4.42. The minimum absolute atomic E-state index is 0.0426.